The van der Waals surface area contributed by atoms with E-state index in [1.807, 2.05) is 0 Å². The zero-order valence-electron chi connectivity index (χ0n) is 17.4. The molecule has 0 aliphatic carbocycles. The van der Waals surface area contributed by atoms with Crippen molar-refractivity contribution in [1.82, 2.24) is 0 Å². The molecule has 0 saturated carbocycles. The quantitative estimate of drug-likeness (QED) is 0.628. The van der Waals surface area contributed by atoms with E-state index in [1.165, 1.54) is 0 Å². The van der Waals surface area contributed by atoms with E-state index >= 15 is 0 Å². The Labute approximate surface area is 194 Å². The van der Waals surface area contributed by atoms with Crippen molar-refractivity contribution in [2.75, 3.05) is 30.9 Å². The van der Waals surface area contributed by atoms with Gasteiger partial charge in [0, 0.05) is 11.3 Å². The standard InChI is InChI=1S/C21H22ClNO7S2/c1-2-28-21(25)18-13-4-7-32(26,27)11-16(13)31-20(18)23-17(24)10-12-8-14(22)19-15(9-12)29-5-3-6-30-19/h8-9H,2-7,10-11H2,1H3,(H,23,24). The second-order valence-corrected chi connectivity index (χ2v) is 11.1. The molecular formula is C21H22ClNO7S2. The van der Waals surface area contributed by atoms with Gasteiger partial charge in [0.15, 0.2) is 21.3 Å². The van der Waals surface area contributed by atoms with E-state index in [0.717, 1.165) is 17.8 Å². The van der Waals surface area contributed by atoms with Crippen LogP contribution in [0.25, 0.3) is 0 Å². The third kappa shape index (κ3) is 4.87. The van der Waals surface area contributed by atoms with E-state index in [4.69, 9.17) is 25.8 Å². The highest BCUT2D eigenvalue weighted by Crippen LogP contribution is 2.40. The van der Waals surface area contributed by atoms with Gasteiger partial charge in [-0.05, 0) is 36.6 Å². The predicted molar refractivity (Wildman–Crippen MR) is 121 cm³/mol. The van der Waals surface area contributed by atoms with Crippen molar-refractivity contribution < 1.29 is 32.2 Å². The van der Waals surface area contributed by atoms with Crippen LogP contribution in [0.4, 0.5) is 5.00 Å². The molecule has 1 aromatic carbocycles. The van der Waals surface area contributed by atoms with Crippen LogP contribution < -0.4 is 14.8 Å². The number of carbonyl (C=O) groups excluding carboxylic acids is 2. The van der Waals surface area contributed by atoms with Crippen molar-refractivity contribution in [3.63, 3.8) is 0 Å². The summed E-state index contributed by atoms with van der Waals surface area (Å²) in [4.78, 5) is 25.9. The topological polar surface area (TPSA) is 108 Å². The highest BCUT2D eigenvalue weighted by Gasteiger charge is 2.32. The summed E-state index contributed by atoms with van der Waals surface area (Å²) in [6.07, 6.45) is 0.936. The van der Waals surface area contributed by atoms with Crippen LogP contribution in [0.1, 0.15) is 39.7 Å². The second kappa shape index (κ2) is 9.29. The van der Waals surface area contributed by atoms with Crippen LogP contribution in [0, 0.1) is 0 Å². The number of ether oxygens (including phenoxy) is 3. The van der Waals surface area contributed by atoms with Crippen molar-refractivity contribution in [2.45, 2.75) is 31.9 Å². The number of rotatable bonds is 5. The number of carbonyl (C=O) groups is 2. The average molecular weight is 500 g/mol. The Morgan fingerprint density at radius 1 is 1.25 bits per heavy atom. The van der Waals surface area contributed by atoms with Crippen molar-refractivity contribution in [3.8, 4) is 11.5 Å². The Balaban J connectivity index is 1.58. The predicted octanol–water partition coefficient (Wildman–Crippen LogP) is 3.39. The summed E-state index contributed by atoms with van der Waals surface area (Å²) in [7, 11) is -3.23. The van der Waals surface area contributed by atoms with Crippen LogP contribution in [0.5, 0.6) is 11.5 Å². The molecule has 0 radical (unpaired) electrons. The van der Waals surface area contributed by atoms with Crippen molar-refractivity contribution >= 4 is 49.7 Å². The third-order valence-corrected chi connectivity index (χ3v) is 8.23. The Bertz CT molecular complexity index is 1170. The number of esters is 1. The first-order chi connectivity index (χ1) is 15.3. The van der Waals surface area contributed by atoms with E-state index in [2.05, 4.69) is 5.32 Å². The van der Waals surface area contributed by atoms with Crippen LogP contribution in [-0.4, -0.2) is 45.9 Å². The minimum Gasteiger partial charge on any atom is -0.489 e. The fraction of sp³-hybridized carbons (Fsp3) is 0.429. The molecule has 0 bridgehead atoms. The molecule has 3 heterocycles. The monoisotopic (exact) mass is 499 g/mol. The molecule has 0 spiro atoms. The Morgan fingerprint density at radius 3 is 2.81 bits per heavy atom. The summed E-state index contributed by atoms with van der Waals surface area (Å²) in [5, 5.41) is 3.42. The van der Waals surface area contributed by atoms with Crippen LogP contribution in [0.3, 0.4) is 0 Å². The molecule has 0 unspecified atom stereocenters. The first-order valence-corrected chi connectivity index (χ1v) is 13.2. The van der Waals surface area contributed by atoms with E-state index < -0.39 is 15.8 Å². The molecule has 1 aromatic heterocycles. The highest BCUT2D eigenvalue weighted by atomic mass is 35.5. The number of hydrogen-bond acceptors (Lipinski definition) is 8. The maximum absolute atomic E-state index is 12.8. The molecule has 0 atom stereocenters. The fourth-order valence-corrected chi connectivity index (χ4v) is 7.01. The maximum Gasteiger partial charge on any atom is 0.341 e. The molecule has 1 amide bonds. The summed E-state index contributed by atoms with van der Waals surface area (Å²) in [6.45, 7) is 2.85. The van der Waals surface area contributed by atoms with E-state index in [0.29, 0.717) is 50.7 Å². The second-order valence-electron chi connectivity index (χ2n) is 7.45. The van der Waals surface area contributed by atoms with Gasteiger partial charge in [-0.2, -0.15) is 0 Å². The summed E-state index contributed by atoms with van der Waals surface area (Å²) in [5.74, 6) is -0.174. The molecule has 0 fully saturated rings. The van der Waals surface area contributed by atoms with Crippen LogP contribution >= 0.6 is 22.9 Å². The number of sulfone groups is 1. The number of hydrogen-bond donors (Lipinski definition) is 1. The zero-order chi connectivity index (χ0) is 22.9. The normalized spacial score (nSPS) is 16.6. The van der Waals surface area contributed by atoms with Gasteiger partial charge in [0.1, 0.15) is 5.00 Å². The molecule has 2 aromatic rings. The van der Waals surface area contributed by atoms with Crippen LogP contribution in [0.15, 0.2) is 12.1 Å². The number of thiophene rings is 1. The molecule has 0 saturated heterocycles. The van der Waals surface area contributed by atoms with Crippen molar-refractivity contribution in [1.29, 1.82) is 0 Å². The number of benzene rings is 1. The third-order valence-electron chi connectivity index (χ3n) is 5.06. The molecule has 4 rings (SSSR count). The molecular weight excluding hydrogens is 478 g/mol. The number of fused-ring (bicyclic) bond motifs is 2. The first kappa shape index (κ1) is 22.9. The lowest BCUT2D eigenvalue weighted by Gasteiger charge is -2.13. The minimum absolute atomic E-state index is 0.0144. The lowest BCUT2D eigenvalue weighted by Crippen LogP contribution is -2.20. The molecule has 32 heavy (non-hydrogen) atoms. The fourth-order valence-electron chi connectivity index (χ4n) is 3.67. The van der Waals surface area contributed by atoms with Gasteiger partial charge >= 0.3 is 5.97 Å². The lowest BCUT2D eigenvalue weighted by atomic mass is 10.1. The molecule has 2 aliphatic heterocycles. The largest absolute Gasteiger partial charge is 0.489 e. The van der Waals surface area contributed by atoms with Crippen molar-refractivity contribution in [2.24, 2.45) is 0 Å². The SMILES string of the molecule is CCOC(=O)c1c(NC(=O)Cc2cc(Cl)c3c(c2)OCCCO3)sc2c1CCS(=O)(=O)C2. The Hall–Kier alpha value is -2.30. The molecule has 1 N–H and O–H groups in total. The first-order valence-electron chi connectivity index (χ1n) is 10.2. The van der Waals surface area contributed by atoms with E-state index in [1.54, 1.807) is 19.1 Å². The Kier molecular flexibility index (Phi) is 6.64. The molecule has 2 aliphatic rings. The van der Waals surface area contributed by atoms with Gasteiger partial charge < -0.3 is 19.5 Å². The van der Waals surface area contributed by atoms with Gasteiger partial charge in [-0.1, -0.05) is 11.6 Å². The smallest absolute Gasteiger partial charge is 0.341 e. The summed E-state index contributed by atoms with van der Waals surface area (Å²) in [5.41, 5.74) is 1.50. The molecule has 11 heteroatoms. The highest BCUT2D eigenvalue weighted by molar-refractivity contribution is 7.90. The lowest BCUT2D eigenvalue weighted by molar-refractivity contribution is -0.115. The van der Waals surface area contributed by atoms with E-state index in [9.17, 15) is 18.0 Å². The van der Waals surface area contributed by atoms with Crippen LogP contribution in [0.2, 0.25) is 5.02 Å². The molecule has 8 nitrogen and oxygen atoms in total. The Morgan fingerprint density at radius 2 is 2.03 bits per heavy atom. The number of nitrogens with one attached hydrogen (secondary N) is 1. The summed E-state index contributed by atoms with van der Waals surface area (Å²) < 4.78 is 40.5. The zero-order valence-corrected chi connectivity index (χ0v) is 19.8. The maximum atomic E-state index is 12.8. The average Bonchev–Trinajstić information content (AvgIpc) is 2.87. The minimum atomic E-state index is -3.23. The number of anilines is 1. The van der Waals surface area contributed by atoms with Gasteiger partial charge in [-0.25, -0.2) is 13.2 Å². The van der Waals surface area contributed by atoms with Gasteiger partial charge in [0.25, 0.3) is 0 Å². The van der Waals surface area contributed by atoms with Gasteiger partial charge in [0.05, 0.1) is 48.3 Å². The van der Waals surface area contributed by atoms with Gasteiger partial charge in [-0.15, -0.1) is 11.3 Å². The van der Waals surface area contributed by atoms with Crippen LogP contribution in [-0.2, 0) is 38.0 Å². The molecule has 172 valence electrons. The number of halogens is 1. The van der Waals surface area contributed by atoms with E-state index in [-0.39, 0.29) is 42.4 Å². The van der Waals surface area contributed by atoms with Crippen molar-refractivity contribution in [3.05, 3.63) is 38.7 Å². The van der Waals surface area contributed by atoms with Gasteiger partial charge in [0.2, 0.25) is 5.91 Å². The number of amides is 1. The van der Waals surface area contributed by atoms with Gasteiger partial charge in [-0.3, -0.25) is 4.79 Å². The summed E-state index contributed by atoms with van der Waals surface area (Å²) in [6, 6.07) is 3.36. The summed E-state index contributed by atoms with van der Waals surface area (Å²) >= 11 is 7.41.